The summed E-state index contributed by atoms with van der Waals surface area (Å²) in [4.78, 5) is 42.5. The Balaban J connectivity index is 1.38. The average molecular weight is 412 g/mol. The van der Waals surface area contributed by atoms with Crippen molar-refractivity contribution >= 4 is 17.8 Å². The number of fused-ring (bicyclic) bond motifs is 4. The van der Waals surface area contributed by atoms with Gasteiger partial charge in [-0.05, 0) is 36.2 Å². The second-order valence-corrected chi connectivity index (χ2v) is 10.6. The van der Waals surface area contributed by atoms with Gasteiger partial charge in [-0.15, -0.1) is 0 Å². The average Bonchev–Trinajstić information content (AvgIpc) is 3.06. The number of nitrogens with one attached hydrogen (secondary N) is 1. The van der Waals surface area contributed by atoms with Crippen molar-refractivity contribution in [2.24, 2.45) is 10.8 Å². The molecular weight excluding hydrogens is 382 g/mol. The molecule has 1 saturated carbocycles. The van der Waals surface area contributed by atoms with Crippen LogP contribution >= 0.6 is 0 Å². The Morgan fingerprint density at radius 3 is 2.77 bits per heavy atom. The van der Waals surface area contributed by atoms with E-state index >= 15 is 0 Å². The van der Waals surface area contributed by atoms with Gasteiger partial charge < -0.3 is 15.0 Å². The summed E-state index contributed by atoms with van der Waals surface area (Å²) >= 11 is 0. The summed E-state index contributed by atoms with van der Waals surface area (Å²) in [5.74, 6) is 0.113. The molecule has 0 unspecified atom stereocenters. The number of ether oxygens (including phenoxy) is 1. The maximum absolute atomic E-state index is 13.4. The van der Waals surface area contributed by atoms with Crippen LogP contribution in [0.5, 0.6) is 5.75 Å². The Kier molecular flexibility index (Phi) is 4.02. The quantitative estimate of drug-likeness (QED) is 0.759. The van der Waals surface area contributed by atoms with Gasteiger partial charge >= 0.3 is 6.03 Å². The van der Waals surface area contributed by atoms with Crippen LogP contribution in [0, 0.1) is 10.8 Å². The molecular formula is C23H29N3O4. The number of hydrogen-bond acceptors (Lipinski definition) is 4. The van der Waals surface area contributed by atoms with E-state index in [2.05, 4.69) is 26.1 Å². The van der Waals surface area contributed by atoms with Gasteiger partial charge in [-0.3, -0.25) is 14.5 Å². The SMILES string of the molecule is CC1(C)C[C@@H]2C[C@@](C)(CN2C(=O)CN2C(=O)N[C@]3(CCOc4ccccc43)C2=O)C1. The molecule has 30 heavy (non-hydrogen) atoms. The fraction of sp³-hybridized carbons (Fsp3) is 0.609. The Morgan fingerprint density at radius 1 is 1.20 bits per heavy atom. The zero-order chi connectivity index (χ0) is 21.3. The van der Waals surface area contributed by atoms with Gasteiger partial charge in [-0.1, -0.05) is 39.0 Å². The highest BCUT2D eigenvalue weighted by Gasteiger charge is 2.56. The number of para-hydroxylation sites is 1. The lowest BCUT2D eigenvalue weighted by atomic mass is 9.65. The van der Waals surface area contributed by atoms with Gasteiger partial charge in [0.2, 0.25) is 5.91 Å². The van der Waals surface area contributed by atoms with Crippen molar-refractivity contribution in [2.45, 2.75) is 58.0 Å². The van der Waals surface area contributed by atoms with E-state index in [1.165, 1.54) is 0 Å². The summed E-state index contributed by atoms with van der Waals surface area (Å²) in [6, 6.07) is 6.97. The summed E-state index contributed by atoms with van der Waals surface area (Å²) in [5.41, 5.74) is -0.166. The van der Waals surface area contributed by atoms with E-state index in [1.807, 2.05) is 23.1 Å². The standard InChI is InChI=1S/C23H29N3O4/c1-21(2)10-15-11-22(3,13-21)14-26(15)18(27)12-25-19(28)23(24-20(25)29)8-9-30-17-7-5-4-6-16(17)23/h4-7,15H,8-14H2,1-3H3,(H,24,29)/t15-,22-,23+/m1/s1. The first-order chi connectivity index (χ1) is 14.1. The van der Waals surface area contributed by atoms with Crippen molar-refractivity contribution < 1.29 is 19.1 Å². The highest BCUT2D eigenvalue weighted by Crippen LogP contribution is 2.52. The van der Waals surface area contributed by atoms with E-state index in [0.717, 1.165) is 24.2 Å². The molecule has 1 aliphatic carbocycles. The predicted octanol–water partition coefficient (Wildman–Crippen LogP) is 2.64. The van der Waals surface area contributed by atoms with Gasteiger partial charge in [0.25, 0.3) is 5.91 Å². The third kappa shape index (κ3) is 2.81. The number of carbonyl (C=O) groups is 3. The summed E-state index contributed by atoms with van der Waals surface area (Å²) in [6.07, 6.45) is 3.40. The lowest BCUT2D eigenvalue weighted by molar-refractivity contribution is -0.140. The van der Waals surface area contributed by atoms with Crippen molar-refractivity contribution in [3.05, 3.63) is 29.8 Å². The number of rotatable bonds is 2. The van der Waals surface area contributed by atoms with Crippen LogP contribution < -0.4 is 10.1 Å². The van der Waals surface area contributed by atoms with Crippen LogP contribution in [0.25, 0.3) is 0 Å². The number of hydrogen-bond donors (Lipinski definition) is 1. The van der Waals surface area contributed by atoms with Crippen molar-refractivity contribution in [1.29, 1.82) is 0 Å². The third-order valence-corrected chi connectivity index (χ3v) is 7.29. The molecule has 160 valence electrons. The Labute approximate surface area is 176 Å². The molecule has 1 N–H and O–H groups in total. The second kappa shape index (κ2) is 6.22. The van der Waals surface area contributed by atoms with E-state index < -0.39 is 11.6 Å². The number of imide groups is 1. The highest BCUT2D eigenvalue weighted by molar-refractivity contribution is 6.09. The van der Waals surface area contributed by atoms with E-state index in [-0.39, 0.29) is 35.2 Å². The first kappa shape index (κ1) is 19.4. The number of amides is 4. The summed E-state index contributed by atoms with van der Waals surface area (Å²) in [7, 11) is 0. The Hall–Kier alpha value is -2.57. The van der Waals surface area contributed by atoms with Crippen LogP contribution in [0.3, 0.4) is 0 Å². The molecule has 7 nitrogen and oxygen atoms in total. The minimum atomic E-state index is -1.14. The largest absolute Gasteiger partial charge is 0.493 e. The van der Waals surface area contributed by atoms with Crippen molar-refractivity contribution in [1.82, 2.24) is 15.1 Å². The van der Waals surface area contributed by atoms with E-state index in [9.17, 15) is 14.4 Å². The molecule has 7 heteroatoms. The molecule has 1 spiro atoms. The summed E-state index contributed by atoms with van der Waals surface area (Å²) in [6.45, 7) is 7.60. The fourth-order valence-electron chi connectivity index (χ4n) is 6.49. The number of likely N-dealkylation sites (tertiary alicyclic amines) is 1. The Morgan fingerprint density at radius 2 is 1.97 bits per heavy atom. The highest BCUT2D eigenvalue weighted by atomic mass is 16.5. The number of benzene rings is 1. The van der Waals surface area contributed by atoms with Crippen molar-refractivity contribution in [2.75, 3.05) is 19.7 Å². The first-order valence-corrected chi connectivity index (χ1v) is 10.8. The molecule has 4 aliphatic rings. The van der Waals surface area contributed by atoms with Gasteiger partial charge in [0, 0.05) is 24.6 Å². The third-order valence-electron chi connectivity index (χ3n) is 7.29. The fourth-order valence-corrected chi connectivity index (χ4v) is 6.49. The molecule has 3 atom stereocenters. The molecule has 2 saturated heterocycles. The first-order valence-electron chi connectivity index (χ1n) is 10.8. The van der Waals surface area contributed by atoms with Gasteiger partial charge in [0.15, 0.2) is 5.54 Å². The maximum Gasteiger partial charge on any atom is 0.325 e. The molecule has 0 radical (unpaired) electrons. The van der Waals surface area contributed by atoms with E-state index in [4.69, 9.17) is 4.74 Å². The van der Waals surface area contributed by atoms with Gasteiger partial charge in [-0.25, -0.2) is 4.79 Å². The molecule has 3 heterocycles. The monoisotopic (exact) mass is 411 g/mol. The molecule has 3 aliphatic heterocycles. The topological polar surface area (TPSA) is 79.0 Å². The number of carbonyl (C=O) groups excluding carboxylic acids is 3. The molecule has 3 fully saturated rings. The molecule has 1 aromatic carbocycles. The van der Waals surface area contributed by atoms with Crippen LogP contribution in [0.1, 0.15) is 52.0 Å². The smallest absolute Gasteiger partial charge is 0.325 e. The predicted molar refractivity (Wildman–Crippen MR) is 110 cm³/mol. The molecule has 4 amide bonds. The van der Waals surface area contributed by atoms with Gasteiger partial charge in [0.05, 0.1) is 6.61 Å². The summed E-state index contributed by atoms with van der Waals surface area (Å²) in [5, 5.41) is 2.87. The van der Waals surface area contributed by atoms with Crippen molar-refractivity contribution in [3.8, 4) is 5.75 Å². The lowest BCUT2D eigenvalue weighted by Gasteiger charge is -2.39. The molecule has 5 rings (SSSR count). The van der Waals surface area contributed by atoms with Crippen LogP contribution in [-0.2, 0) is 15.1 Å². The van der Waals surface area contributed by atoms with E-state index in [0.29, 0.717) is 30.9 Å². The Bertz CT molecular complexity index is 944. The van der Waals surface area contributed by atoms with Gasteiger partial charge in [-0.2, -0.15) is 0 Å². The molecule has 0 aromatic heterocycles. The molecule has 2 bridgehead atoms. The van der Waals surface area contributed by atoms with Gasteiger partial charge in [0.1, 0.15) is 12.3 Å². The minimum Gasteiger partial charge on any atom is -0.493 e. The van der Waals surface area contributed by atoms with Crippen LogP contribution in [0.15, 0.2) is 24.3 Å². The maximum atomic E-state index is 13.4. The van der Waals surface area contributed by atoms with Crippen LogP contribution in [-0.4, -0.2) is 53.4 Å². The summed E-state index contributed by atoms with van der Waals surface area (Å²) < 4.78 is 5.67. The minimum absolute atomic E-state index is 0.111. The van der Waals surface area contributed by atoms with Crippen LogP contribution in [0.2, 0.25) is 0 Å². The number of nitrogens with zero attached hydrogens (tertiary/aromatic N) is 2. The van der Waals surface area contributed by atoms with Crippen molar-refractivity contribution in [3.63, 3.8) is 0 Å². The zero-order valence-electron chi connectivity index (χ0n) is 17.9. The van der Waals surface area contributed by atoms with E-state index in [1.54, 1.807) is 6.07 Å². The lowest BCUT2D eigenvalue weighted by Crippen LogP contribution is -2.48. The molecule has 1 aromatic rings. The zero-order valence-corrected chi connectivity index (χ0v) is 17.9. The second-order valence-electron chi connectivity index (χ2n) is 10.6. The normalized spacial score (nSPS) is 34.0. The van der Waals surface area contributed by atoms with Crippen LogP contribution in [0.4, 0.5) is 4.79 Å². The number of urea groups is 1.